The Morgan fingerprint density at radius 2 is 1.70 bits per heavy atom. The Hall–Kier alpha value is -0.202. The van der Waals surface area contributed by atoms with Crippen LogP contribution in [0.1, 0.15) is 0 Å². The number of anilines is 2. The number of halogens is 1. The largest absolute Gasteiger partial charge is 0.397 e. The first-order valence-electron chi connectivity index (χ1n) is 2.50. The summed E-state index contributed by atoms with van der Waals surface area (Å²) in [5.41, 5.74) is 11.9. The first-order chi connectivity index (χ1) is 4.20. The van der Waals surface area contributed by atoms with Gasteiger partial charge in [0.05, 0.1) is 11.4 Å². The van der Waals surface area contributed by atoms with Gasteiger partial charge in [0.2, 0.25) is 0 Å². The van der Waals surface area contributed by atoms with Crippen molar-refractivity contribution in [2.45, 2.75) is 0 Å². The Morgan fingerprint density at radius 1 is 1.10 bits per heavy atom. The molecule has 58 valence electrons. The topological polar surface area (TPSA) is 52.0 Å². The molecule has 2 nitrogen and oxygen atoms in total. The minimum atomic E-state index is 0. The molecule has 0 heterocycles. The molecule has 0 aliphatic heterocycles. The van der Waals surface area contributed by atoms with Crippen LogP contribution in [0, 0.1) is 0 Å². The standard InChI is InChI=1S/C6H7ClN2.Pt/c7-4-1-2-5(8)6(9)3-4;/h1-3H,8-9H2;. The maximum Gasteiger partial charge on any atom is 0.0562 e. The molecule has 0 atom stereocenters. The summed E-state index contributed by atoms with van der Waals surface area (Å²) >= 11 is 5.58. The molecule has 1 rings (SSSR count). The number of hydrogen-bond donors (Lipinski definition) is 2. The molecule has 10 heavy (non-hydrogen) atoms. The molecule has 0 fully saturated rings. The van der Waals surface area contributed by atoms with Gasteiger partial charge in [-0.1, -0.05) is 11.6 Å². The Labute approximate surface area is 78.8 Å². The van der Waals surface area contributed by atoms with Crippen molar-refractivity contribution in [3.05, 3.63) is 23.2 Å². The van der Waals surface area contributed by atoms with Crippen molar-refractivity contribution in [3.8, 4) is 0 Å². The van der Waals surface area contributed by atoms with Gasteiger partial charge in [-0.2, -0.15) is 0 Å². The van der Waals surface area contributed by atoms with Crippen LogP contribution in [-0.4, -0.2) is 0 Å². The fourth-order valence-electron chi connectivity index (χ4n) is 0.546. The van der Waals surface area contributed by atoms with Crippen molar-refractivity contribution >= 4 is 23.0 Å². The quantitative estimate of drug-likeness (QED) is 0.705. The van der Waals surface area contributed by atoms with Crippen LogP contribution < -0.4 is 11.5 Å². The average Bonchev–Trinajstić information content (AvgIpc) is 1.80. The third-order valence-corrected chi connectivity index (χ3v) is 1.28. The van der Waals surface area contributed by atoms with Crippen molar-refractivity contribution in [3.63, 3.8) is 0 Å². The Kier molecular flexibility index (Phi) is 3.77. The molecule has 0 unspecified atom stereocenters. The van der Waals surface area contributed by atoms with Gasteiger partial charge in [-0.15, -0.1) is 0 Å². The van der Waals surface area contributed by atoms with Gasteiger partial charge in [0, 0.05) is 26.1 Å². The van der Waals surface area contributed by atoms with E-state index in [1.54, 1.807) is 18.2 Å². The number of nitrogen functional groups attached to an aromatic ring is 2. The van der Waals surface area contributed by atoms with Gasteiger partial charge < -0.3 is 11.5 Å². The zero-order chi connectivity index (χ0) is 6.85. The number of benzene rings is 1. The minimum Gasteiger partial charge on any atom is -0.397 e. The second-order valence-electron chi connectivity index (χ2n) is 1.77. The first kappa shape index (κ1) is 9.80. The van der Waals surface area contributed by atoms with E-state index >= 15 is 0 Å². The van der Waals surface area contributed by atoms with E-state index in [0.717, 1.165) is 0 Å². The Balaban J connectivity index is 0.000000810. The predicted molar refractivity (Wildman–Crippen MR) is 40.3 cm³/mol. The maximum absolute atomic E-state index is 5.58. The Morgan fingerprint density at radius 3 is 2.10 bits per heavy atom. The smallest absolute Gasteiger partial charge is 0.0562 e. The van der Waals surface area contributed by atoms with E-state index in [1.807, 2.05) is 0 Å². The van der Waals surface area contributed by atoms with Gasteiger partial charge in [0.1, 0.15) is 0 Å². The molecule has 0 spiro atoms. The van der Waals surface area contributed by atoms with E-state index in [4.69, 9.17) is 23.1 Å². The van der Waals surface area contributed by atoms with Crippen LogP contribution in [0.4, 0.5) is 11.4 Å². The molecule has 1 aromatic rings. The van der Waals surface area contributed by atoms with Crippen LogP contribution in [0.15, 0.2) is 18.2 Å². The molecular weight excluding hydrogens is 331 g/mol. The second kappa shape index (κ2) is 3.84. The molecule has 0 aromatic heterocycles. The van der Waals surface area contributed by atoms with Crippen LogP contribution in [-0.2, 0) is 21.1 Å². The third-order valence-electron chi connectivity index (χ3n) is 1.05. The predicted octanol–water partition coefficient (Wildman–Crippen LogP) is 1.50. The molecule has 4 heteroatoms. The van der Waals surface area contributed by atoms with Crippen LogP contribution in [0.25, 0.3) is 0 Å². The zero-order valence-corrected chi connectivity index (χ0v) is 8.11. The monoisotopic (exact) mass is 337 g/mol. The molecule has 0 bridgehead atoms. The van der Waals surface area contributed by atoms with Gasteiger partial charge in [0.15, 0.2) is 0 Å². The fraction of sp³-hybridized carbons (Fsp3) is 0. The Bertz CT molecular complexity index is 227. The number of hydrogen-bond acceptors (Lipinski definition) is 2. The van der Waals surface area contributed by atoms with E-state index in [-0.39, 0.29) is 21.1 Å². The molecule has 0 saturated heterocycles. The summed E-state index contributed by atoms with van der Waals surface area (Å²) < 4.78 is 0. The first-order valence-corrected chi connectivity index (χ1v) is 2.88. The van der Waals surface area contributed by atoms with Crippen molar-refractivity contribution in [1.82, 2.24) is 0 Å². The summed E-state index contributed by atoms with van der Waals surface area (Å²) in [7, 11) is 0. The third kappa shape index (κ3) is 2.20. The summed E-state index contributed by atoms with van der Waals surface area (Å²) in [6, 6.07) is 5.00. The molecule has 0 aliphatic carbocycles. The summed E-state index contributed by atoms with van der Waals surface area (Å²) in [6.45, 7) is 0. The molecule has 0 radical (unpaired) electrons. The van der Waals surface area contributed by atoms with Gasteiger partial charge >= 0.3 is 0 Å². The normalized spacial score (nSPS) is 8.50. The van der Waals surface area contributed by atoms with Crippen molar-refractivity contribution in [2.24, 2.45) is 0 Å². The minimum absolute atomic E-state index is 0. The molecule has 0 aliphatic rings. The van der Waals surface area contributed by atoms with Crippen LogP contribution in [0.5, 0.6) is 0 Å². The van der Waals surface area contributed by atoms with Crippen LogP contribution >= 0.6 is 11.6 Å². The molecule has 4 N–H and O–H groups in total. The van der Waals surface area contributed by atoms with E-state index in [2.05, 4.69) is 0 Å². The second-order valence-corrected chi connectivity index (χ2v) is 2.21. The van der Waals surface area contributed by atoms with Crippen LogP contribution in [0.2, 0.25) is 5.02 Å². The summed E-state index contributed by atoms with van der Waals surface area (Å²) in [4.78, 5) is 0. The average molecular weight is 338 g/mol. The fourth-order valence-corrected chi connectivity index (χ4v) is 0.726. The van der Waals surface area contributed by atoms with Crippen molar-refractivity contribution in [2.75, 3.05) is 11.5 Å². The zero-order valence-electron chi connectivity index (χ0n) is 5.08. The van der Waals surface area contributed by atoms with Crippen molar-refractivity contribution < 1.29 is 21.1 Å². The van der Waals surface area contributed by atoms with Gasteiger partial charge in [-0.05, 0) is 18.2 Å². The molecule has 1 aromatic carbocycles. The number of nitrogens with two attached hydrogens (primary N) is 2. The van der Waals surface area contributed by atoms with E-state index in [1.165, 1.54) is 0 Å². The SMILES string of the molecule is Nc1ccc(Cl)cc1N.[Pt]. The van der Waals surface area contributed by atoms with Gasteiger partial charge in [0.25, 0.3) is 0 Å². The molecular formula is C6H7ClN2Pt. The van der Waals surface area contributed by atoms with Crippen LogP contribution in [0.3, 0.4) is 0 Å². The van der Waals surface area contributed by atoms with E-state index in [9.17, 15) is 0 Å². The van der Waals surface area contributed by atoms with Gasteiger partial charge in [-0.3, -0.25) is 0 Å². The van der Waals surface area contributed by atoms with E-state index < -0.39 is 0 Å². The maximum atomic E-state index is 5.58. The summed E-state index contributed by atoms with van der Waals surface area (Å²) in [6.07, 6.45) is 0. The summed E-state index contributed by atoms with van der Waals surface area (Å²) in [5, 5.41) is 0.613. The van der Waals surface area contributed by atoms with Crippen molar-refractivity contribution in [1.29, 1.82) is 0 Å². The van der Waals surface area contributed by atoms with Gasteiger partial charge in [-0.25, -0.2) is 0 Å². The van der Waals surface area contributed by atoms with E-state index in [0.29, 0.717) is 16.4 Å². The molecule has 0 saturated carbocycles. The molecule has 0 amide bonds. The summed E-state index contributed by atoms with van der Waals surface area (Å²) in [5.74, 6) is 0. The number of rotatable bonds is 0.